The van der Waals surface area contributed by atoms with E-state index in [0.29, 0.717) is 0 Å². The van der Waals surface area contributed by atoms with Crippen molar-refractivity contribution in [2.24, 2.45) is 0 Å². The molecule has 298 valence electrons. The lowest BCUT2D eigenvalue weighted by atomic mass is 9.67. The number of anilines is 3. The smallest absolute Gasteiger partial charge is 0.0714 e. The maximum Gasteiger partial charge on any atom is 0.0714 e. The van der Waals surface area contributed by atoms with Crippen molar-refractivity contribution >= 4 is 17.1 Å². The first kappa shape index (κ1) is 37.8. The highest BCUT2D eigenvalue weighted by Gasteiger charge is 2.46. The van der Waals surface area contributed by atoms with E-state index in [0.717, 1.165) is 11.4 Å². The Kier molecular flexibility index (Phi) is 8.98. The van der Waals surface area contributed by atoms with Gasteiger partial charge in [-0.25, -0.2) is 0 Å². The van der Waals surface area contributed by atoms with Crippen LogP contribution in [0.4, 0.5) is 17.1 Å². The van der Waals surface area contributed by atoms with Gasteiger partial charge >= 0.3 is 0 Å². The van der Waals surface area contributed by atoms with Crippen LogP contribution in [-0.4, -0.2) is 0 Å². The van der Waals surface area contributed by atoms with Crippen LogP contribution in [-0.2, 0) is 10.8 Å². The molecule has 0 bridgehead atoms. The van der Waals surface area contributed by atoms with E-state index in [1.165, 1.54) is 89.1 Å². The van der Waals surface area contributed by atoms with Gasteiger partial charge in [-0.05, 0) is 126 Å². The molecule has 0 radical (unpaired) electrons. The summed E-state index contributed by atoms with van der Waals surface area (Å²) >= 11 is 0. The third-order valence-corrected chi connectivity index (χ3v) is 13.7. The summed E-state index contributed by atoms with van der Waals surface area (Å²) in [5, 5.41) is 0. The summed E-state index contributed by atoms with van der Waals surface area (Å²) in [6, 6.07) is 81.4. The first-order valence-corrected chi connectivity index (χ1v) is 22.0. The summed E-state index contributed by atoms with van der Waals surface area (Å²) in [6.45, 7) is 9.42. The fraction of sp³-hybridized carbons (Fsp3) is 0.115. The summed E-state index contributed by atoms with van der Waals surface area (Å²) < 4.78 is 0. The zero-order valence-electron chi connectivity index (χ0n) is 35.8. The van der Waals surface area contributed by atoms with Gasteiger partial charge in [-0.15, -0.1) is 0 Å². The maximum atomic E-state index is 2.54. The highest BCUT2D eigenvalue weighted by molar-refractivity contribution is 5.91. The van der Waals surface area contributed by atoms with Gasteiger partial charge in [0.05, 0.1) is 5.41 Å². The van der Waals surface area contributed by atoms with Crippen molar-refractivity contribution in [3.63, 3.8) is 0 Å². The van der Waals surface area contributed by atoms with Gasteiger partial charge in [-0.1, -0.05) is 210 Å². The van der Waals surface area contributed by atoms with Crippen molar-refractivity contribution in [3.05, 3.63) is 257 Å². The Morgan fingerprint density at radius 1 is 0.355 bits per heavy atom. The summed E-state index contributed by atoms with van der Waals surface area (Å²) in [7, 11) is 0. The maximum absolute atomic E-state index is 2.54. The van der Waals surface area contributed by atoms with Gasteiger partial charge in [-0.2, -0.15) is 0 Å². The normalized spacial score (nSPS) is 13.9. The molecule has 1 nitrogen and oxygen atoms in total. The zero-order valence-corrected chi connectivity index (χ0v) is 35.8. The van der Waals surface area contributed by atoms with E-state index < -0.39 is 5.41 Å². The van der Waals surface area contributed by atoms with E-state index in [-0.39, 0.29) is 11.3 Å². The van der Waals surface area contributed by atoms with Crippen LogP contribution >= 0.6 is 0 Å². The van der Waals surface area contributed by atoms with Crippen LogP contribution in [0.1, 0.15) is 72.6 Å². The molecule has 0 atom stereocenters. The molecule has 9 aromatic rings. The minimum absolute atomic E-state index is 0.139. The number of hydrogen-bond donors (Lipinski definition) is 0. The lowest BCUT2D eigenvalue weighted by Crippen LogP contribution is -2.28. The quantitative estimate of drug-likeness (QED) is 0.148. The summed E-state index contributed by atoms with van der Waals surface area (Å²) in [6.07, 6.45) is 0. The van der Waals surface area contributed by atoms with Crippen LogP contribution < -0.4 is 4.90 Å². The predicted molar refractivity (Wildman–Crippen MR) is 261 cm³/mol. The molecule has 62 heavy (non-hydrogen) atoms. The Bertz CT molecular complexity index is 3060. The fourth-order valence-corrected chi connectivity index (χ4v) is 10.7. The second-order valence-corrected chi connectivity index (χ2v) is 17.9. The van der Waals surface area contributed by atoms with Gasteiger partial charge in [0.2, 0.25) is 0 Å². The molecular weight excluding hydrogens is 747 g/mol. The molecule has 0 heterocycles. The van der Waals surface area contributed by atoms with E-state index in [2.05, 4.69) is 251 Å². The molecular formula is C61H49N. The molecule has 0 aliphatic heterocycles. The van der Waals surface area contributed by atoms with Gasteiger partial charge in [0.1, 0.15) is 0 Å². The van der Waals surface area contributed by atoms with Crippen LogP contribution in [0.25, 0.3) is 44.5 Å². The number of fused-ring (bicyclic) bond motifs is 6. The third kappa shape index (κ3) is 5.83. The van der Waals surface area contributed by atoms with Crippen LogP contribution in [0, 0.1) is 0 Å². The van der Waals surface area contributed by atoms with E-state index in [9.17, 15) is 0 Å². The molecule has 1 heteroatoms. The average molecular weight is 796 g/mol. The molecule has 0 amide bonds. The minimum Gasteiger partial charge on any atom is -0.310 e. The Labute approximate surface area is 366 Å². The second kappa shape index (κ2) is 14.8. The minimum atomic E-state index is -0.506. The number of benzene rings is 9. The first-order chi connectivity index (χ1) is 30.3. The van der Waals surface area contributed by atoms with Crippen molar-refractivity contribution in [2.45, 2.75) is 44.4 Å². The van der Waals surface area contributed by atoms with E-state index >= 15 is 0 Å². The Morgan fingerprint density at radius 2 is 0.790 bits per heavy atom. The molecule has 0 N–H and O–H groups in total. The molecule has 2 aliphatic rings. The van der Waals surface area contributed by atoms with Gasteiger partial charge in [0, 0.05) is 22.5 Å². The van der Waals surface area contributed by atoms with Crippen LogP contribution in [0.2, 0.25) is 0 Å². The molecule has 0 unspecified atom stereocenters. The monoisotopic (exact) mass is 795 g/mol. The van der Waals surface area contributed by atoms with Gasteiger partial charge in [0.15, 0.2) is 0 Å². The van der Waals surface area contributed by atoms with Crippen LogP contribution in [0.5, 0.6) is 0 Å². The van der Waals surface area contributed by atoms with Crippen molar-refractivity contribution < 1.29 is 0 Å². The van der Waals surface area contributed by atoms with E-state index in [4.69, 9.17) is 0 Å². The van der Waals surface area contributed by atoms with Crippen LogP contribution in [0.15, 0.2) is 218 Å². The lowest BCUT2D eigenvalue weighted by molar-refractivity contribution is 0.660. The Hall–Kier alpha value is -7.22. The first-order valence-electron chi connectivity index (χ1n) is 22.0. The van der Waals surface area contributed by atoms with Crippen molar-refractivity contribution in [1.29, 1.82) is 0 Å². The van der Waals surface area contributed by atoms with Gasteiger partial charge in [-0.3, -0.25) is 0 Å². The average Bonchev–Trinajstić information content (AvgIpc) is 3.75. The van der Waals surface area contributed by atoms with Crippen molar-refractivity contribution in [1.82, 2.24) is 0 Å². The summed E-state index contributed by atoms with van der Waals surface area (Å²) in [4.78, 5) is 2.54. The summed E-state index contributed by atoms with van der Waals surface area (Å²) in [5.41, 5.74) is 22.2. The van der Waals surface area contributed by atoms with Crippen LogP contribution in [0.3, 0.4) is 0 Å². The molecule has 9 aromatic carbocycles. The fourth-order valence-electron chi connectivity index (χ4n) is 10.7. The van der Waals surface area contributed by atoms with Gasteiger partial charge in [0.25, 0.3) is 0 Å². The molecule has 0 aromatic heterocycles. The SMILES string of the molecule is CC(C)c1cc(-c2ccc(-c3ccccc3)cc2)ccc1N(c1ccc2c(c1)C(C)(C)c1ccccc1-2)c1ccc2c(c1)C(c1ccccc1)(c1ccccc1)c1ccccc1-2. The molecule has 2 aliphatic carbocycles. The molecule has 11 rings (SSSR count). The number of rotatable bonds is 8. The zero-order chi connectivity index (χ0) is 42.0. The summed E-state index contributed by atoms with van der Waals surface area (Å²) in [5.74, 6) is 0.262. The topological polar surface area (TPSA) is 3.24 Å². The largest absolute Gasteiger partial charge is 0.310 e. The lowest BCUT2D eigenvalue weighted by Gasteiger charge is -2.35. The highest BCUT2D eigenvalue weighted by atomic mass is 15.1. The van der Waals surface area contributed by atoms with Crippen molar-refractivity contribution in [3.8, 4) is 44.5 Å². The molecule has 0 fully saturated rings. The number of nitrogens with zero attached hydrogens (tertiary/aromatic N) is 1. The molecule has 0 spiro atoms. The molecule has 0 saturated carbocycles. The van der Waals surface area contributed by atoms with Crippen molar-refractivity contribution in [2.75, 3.05) is 4.90 Å². The number of hydrogen-bond acceptors (Lipinski definition) is 1. The highest BCUT2D eigenvalue weighted by Crippen LogP contribution is 2.58. The molecule has 0 saturated heterocycles. The second-order valence-electron chi connectivity index (χ2n) is 17.9. The Balaban J connectivity index is 1.14. The standard InChI is InChI=1S/C61H49N/c1-41(2)54-38-45(44-30-28-43(29-31-44)42-18-8-5-9-19-42)32-37-59(54)62(48-33-35-52-50-24-14-16-26-55(50)60(3,4)57(52)39-48)49-34-36-53-51-25-15-17-27-56(51)61(58(53)40-49,46-20-10-6-11-21-46)47-22-12-7-13-23-47/h5-41H,1-4H3. The third-order valence-electron chi connectivity index (χ3n) is 13.7. The Morgan fingerprint density at radius 3 is 1.39 bits per heavy atom. The van der Waals surface area contributed by atoms with Gasteiger partial charge < -0.3 is 4.90 Å². The van der Waals surface area contributed by atoms with E-state index in [1.807, 2.05) is 0 Å². The van der Waals surface area contributed by atoms with E-state index in [1.54, 1.807) is 0 Å². The predicted octanol–water partition coefficient (Wildman–Crippen LogP) is 16.3.